The van der Waals surface area contributed by atoms with Crippen LogP contribution in [0.1, 0.15) is 65.7 Å². The van der Waals surface area contributed by atoms with Gasteiger partial charge in [-0.3, -0.25) is 19.3 Å². The number of nitrogens with zero attached hydrogens (tertiary/aromatic N) is 1. The smallest absolute Gasteiger partial charge is 0.308 e. The summed E-state index contributed by atoms with van der Waals surface area (Å²) in [6, 6.07) is 0. The van der Waals surface area contributed by atoms with Crippen LogP contribution in [-0.2, 0) is 19.1 Å². The number of esters is 1. The van der Waals surface area contributed by atoms with Gasteiger partial charge in [0.15, 0.2) is 0 Å². The number of fused-ring (bicyclic) bond motifs is 1. The molecule has 0 N–H and O–H groups in total. The predicted molar refractivity (Wildman–Crippen MR) is 93.4 cm³/mol. The second-order valence-corrected chi connectivity index (χ2v) is 8.66. The number of likely N-dealkylation sites (tertiary alicyclic amines) is 1. The number of carbonyl (C=O) groups is 3. The highest BCUT2D eigenvalue weighted by Crippen LogP contribution is 2.38. The first-order valence-electron chi connectivity index (χ1n) is 9.49. The maximum atomic E-state index is 12.4. The second kappa shape index (κ2) is 6.93. The Morgan fingerprint density at radius 2 is 1.80 bits per heavy atom. The molecule has 3 aliphatic rings. The summed E-state index contributed by atoms with van der Waals surface area (Å²) in [6.45, 7) is 6.56. The molecule has 2 amide bonds. The minimum absolute atomic E-state index is 0.0841. The molecule has 0 bridgehead atoms. The van der Waals surface area contributed by atoms with E-state index in [9.17, 15) is 14.4 Å². The molecule has 3 atom stereocenters. The third-order valence-electron chi connectivity index (χ3n) is 5.74. The summed E-state index contributed by atoms with van der Waals surface area (Å²) < 4.78 is 5.58. The lowest BCUT2D eigenvalue weighted by Crippen LogP contribution is -2.34. The molecule has 5 nitrogen and oxygen atoms in total. The van der Waals surface area contributed by atoms with E-state index in [1.165, 1.54) is 10.5 Å². The quantitative estimate of drug-likeness (QED) is 0.445. The van der Waals surface area contributed by atoms with Crippen LogP contribution in [0, 0.1) is 17.3 Å². The van der Waals surface area contributed by atoms with E-state index in [-0.39, 0.29) is 54.1 Å². The first-order chi connectivity index (χ1) is 11.8. The van der Waals surface area contributed by atoms with Gasteiger partial charge in [0.2, 0.25) is 11.8 Å². The number of imide groups is 1. The summed E-state index contributed by atoms with van der Waals surface area (Å²) in [5.41, 5.74) is 1.36. The molecule has 1 saturated heterocycles. The first-order valence-corrected chi connectivity index (χ1v) is 9.49. The maximum Gasteiger partial charge on any atom is 0.308 e. The van der Waals surface area contributed by atoms with Crippen LogP contribution in [0.2, 0.25) is 0 Å². The lowest BCUT2D eigenvalue weighted by atomic mass is 9.76. The molecule has 1 aliphatic heterocycles. The Bertz CT molecular complexity index is 583. The Labute approximate surface area is 149 Å². The van der Waals surface area contributed by atoms with Crippen molar-refractivity contribution in [2.75, 3.05) is 6.54 Å². The monoisotopic (exact) mass is 347 g/mol. The van der Waals surface area contributed by atoms with Crippen molar-refractivity contribution in [1.82, 2.24) is 4.90 Å². The number of rotatable bonds is 4. The Morgan fingerprint density at radius 1 is 1.20 bits per heavy atom. The summed E-state index contributed by atoms with van der Waals surface area (Å²) in [6.07, 6.45) is 7.35. The maximum absolute atomic E-state index is 12.4. The van der Waals surface area contributed by atoms with Gasteiger partial charge in [-0.05, 0) is 44.1 Å². The van der Waals surface area contributed by atoms with Crippen molar-refractivity contribution >= 4 is 17.8 Å². The van der Waals surface area contributed by atoms with Crippen LogP contribution in [0.25, 0.3) is 0 Å². The first kappa shape index (κ1) is 18.2. The van der Waals surface area contributed by atoms with Crippen LogP contribution in [0.15, 0.2) is 11.6 Å². The van der Waals surface area contributed by atoms with Crippen LogP contribution < -0.4 is 0 Å². The molecule has 3 rings (SSSR count). The number of hydrogen-bond donors (Lipinski definition) is 0. The molecular weight excluding hydrogens is 318 g/mol. The van der Waals surface area contributed by atoms with Gasteiger partial charge in [0, 0.05) is 6.54 Å². The zero-order valence-corrected chi connectivity index (χ0v) is 15.5. The Kier molecular flexibility index (Phi) is 5.03. The fourth-order valence-electron chi connectivity index (χ4n) is 4.76. The van der Waals surface area contributed by atoms with E-state index in [1.54, 1.807) is 0 Å². The van der Waals surface area contributed by atoms with Crippen molar-refractivity contribution in [2.45, 2.75) is 71.8 Å². The summed E-state index contributed by atoms with van der Waals surface area (Å²) >= 11 is 0. The van der Waals surface area contributed by atoms with Gasteiger partial charge in [-0.25, -0.2) is 0 Å². The number of ether oxygens (including phenoxy) is 1. The van der Waals surface area contributed by atoms with Crippen LogP contribution in [0.5, 0.6) is 0 Å². The van der Waals surface area contributed by atoms with Gasteiger partial charge in [-0.1, -0.05) is 32.3 Å². The minimum atomic E-state index is -0.331. The van der Waals surface area contributed by atoms with E-state index in [0.29, 0.717) is 0 Å². The normalized spacial score (nSPS) is 31.6. The number of amides is 2. The van der Waals surface area contributed by atoms with Crippen molar-refractivity contribution in [1.29, 1.82) is 0 Å². The molecule has 0 radical (unpaired) electrons. The largest absolute Gasteiger partial charge is 0.458 e. The van der Waals surface area contributed by atoms with Crippen molar-refractivity contribution in [2.24, 2.45) is 17.3 Å². The average molecular weight is 347 g/mol. The highest BCUT2D eigenvalue weighted by molar-refractivity contribution is 6.05. The predicted octanol–water partition coefficient (Wildman–Crippen LogP) is 3.23. The Morgan fingerprint density at radius 3 is 2.36 bits per heavy atom. The topological polar surface area (TPSA) is 63.7 Å². The van der Waals surface area contributed by atoms with Crippen LogP contribution in [0.4, 0.5) is 0 Å². The zero-order chi connectivity index (χ0) is 18.2. The van der Waals surface area contributed by atoms with Gasteiger partial charge in [0.1, 0.15) is 6.10 Å². The zero-order valence-electron chi connectivity index (χ0n) is 15.5. The molecule has 138 valence electrons. The van der Waals surface area contributed by atoms with E-state index >= 15 is 0 Å². The van der Waals surface area contributed by atoms with Crippen LogP contribution in [0.3, 0.4) is 0 Å². The lowest BCUT2D eigenvalue weighted by Gasteiger charge is -2.33. The standard InChI is InChI=1S/C20H29NO4/c1-13-10-14(12-20(2,3)11-13)25-17(22)8-9-21-18(23)15-6-4-5-7-16(15)19(21)24/h10,14-16H,4-9,11-12H2,1-3H3/t14-,15+,16+/m0/s1. The minimum Gasteiger partial charge on any atom is -0.458 e. The van der Waals surface area contributed by atoms with Gasteiger partial charge in [0.25, 0.3) is 0 Å². The van der Waals surface area contributed by atoms with Gasteiger partial charge in [-0.2, -0.15) is 0 Å². The molecule has 0 spiro atoms. The van der Waals surface area contributed by atoms with Gasteiger partial charge >= 0.3 is 5.97 Å². The summed E-state index contributed by atoms with van der Waals surface area (Å²) in [5.74, 6) is -0.805. The summed E-state index contributed by atoms with van der Waals surface area (Å²) in [5, 5.41) is 0. The SMILES string of the molecule is CC1=C[C@H](OC(=O)CCN2C(=O)[C@@H]3CCCC[C@H]3C2=O)CC(C)(C)C1. The van der Waals surface area contributed by atoms with Crippen LogP contribution in [-0.4, -0.2) is 35.3 Å². The van der Waals surface area contributed by atoms with Gasteiger partial charge in [-0.15, -0.1) is 0 Å². The molecule has 0 aromatic carbocycles. The molecule has 2 fully saturated rings. The van der Waals surface area contributed by atoms with E-state index in [4.69, 9.17) is 4.74 Å². The molecule has 2 aliphatic carbocycles. The number of allylic oxidation sites excluding steroid dienone is 1. The second-order valence-electron chi connectivity index (χ2n) is 8.66. The molecule has 1 saturated carbocycles. The average Bonchev–Trinajstić information content (AvgIpc) is 2.75. The van der Waals surface area contributed by atoms with E-state index in [0.717, 1.165) is 38.5 Å². The molecule has 0 unspecified atom stereocenters. The summed E-state index contributed by atoms with van der Waals surface area (Å²) in [7, 11) is 0. The summed E-state index contributed by atoms with van der Waals surface area (Å²) in [4.78, 5) is 38.4. The van der Waals surface area contributed by atoms with E-state index < -0.39 is 0 Å². The van der Waals surface area contributed by atoms with Gasteiger partial charge < -0.3 is 4.74 Å². The Hall–Kier alpha value is -1.65. The molecule has 1 heterocycles. The number of carbonyl (C=O) groups excluding carboxylic acids is 3. The highest BCUT2D eigenvalue weighted by atomic mass is 16.5. The molecular formula is C20H29NO4. The van der Waals surface area contributed by atoms with Crippen molar-refractivity contribution in [3.8, 4) is 0 Å². The number of hydrogen-bond acceptors (Lipinski definition) is 4. The van der Waals surface area contributed by atoms with Crippen molar-refractivity contribution in [3.63, 3.8) is 0 Å². The molecule has 0 aromatic heterocycles. The van der Waals surface area contributed by atoms with Crippen LogP contribution >= 0.6 is 0 Å². The van der Waals surface area contributed by atoms with Gasteiger partial charge in [0.05, 0.1) is 18.3 Å². The highest BCUT2D eigenvalue weighted by Gasteiger charge is 2.47. The lowest BCUT2D eigenvalue weighted by molar-refractivity contribution is -0.149. The molecule has 5 heteroatoms. The molecule has 25 heavy (non-hydrogen) atoms. The third-order valence-corrected chi connectivity index (χ3v) is 5.74. The third kappa shape index (κ3) is 3.96. The Balaban J connectivity index is 1.53. The van der Waals surface area contributed by atoms with Crippen molar-refractivity contribution < 1.29 is 19.1 Å². The van der Waals surface area contributed by atoms with E-state index in [1.807, 2.05) is 6.08 Å². The van der Waals surface area contributed by atoms with Crippen molar-refractivity contribution in [3.05, 3.63) is 11.6 Å². The van der Waals surface area contributed by atoms with E-state index in [2.05, 4.69) is 20.8 Å². The fourth-order valence-corrected chi connectivity index (χ4v) is 4.76. The fraction of sp³-hybridized carbons (Fsp3) is 0.750. The molecule has 0 aromatic rings.